The smallest absolute Gasteiger partial charge is 0.319 e. The normalized spacial score (nSPS) is 22.3. The van der Waals surface area contributed by atoms with Gasteiger partial charge in [-0.05, 0) is 37.3 Å². The van der Waals surface area contributed by atoms with Gasteiger partial charge in [0, 0.05) is 11.8 Å². The molecule has 2 unspecified atom stereocenters. The van der Waals surface area contributed by atoms with Gasteiger partial charge in [0.25, 0.3) is 0 Å². The summed E-state index contributed by atoms with van der Waals surface area (Å²) in [7, 11) is 1.24. The van der Waals surface area contributed by atoms with E-state index < -0.39 is 40.3 Å². The zero-order chi connectivity index (χ0) is 20.4. The molecule has 1 aromatic carbocycles. The van der Waals surface area contributed by atoms with Crippen LogP contribution in [0.15, 0.2) is 24.4 Å². The van der Waals surface area contributed by atoms with Crippen molar-refractivity contribution in [2.45, 2.75) is 37.8 Å². The van der Waals surface area contributed by atoms with Crippen molar-refractivity contribution in [1.82, 2.24) is 10.6 Å². The number of ether oxygens (including phenoxy) is 2. The molecule has 10 nitrogen and oxygen atoms in total. The van der Waals surface area contributed by atoms with Gasteiger partial charge in [-0.15, -0.1) is 0 Å². The van der Waals surface area contributed by atoms with E-state index in [1.807, 2.05) is 0 Å². The lowest BCUT2D eigenvalue weighted by molar-refractivity contribution is -0.386. The number of amides is 2. The van der Waals surface area contributed by atoms with Gasteiger partial charge >= 0.3 is 17.7 Å². The molecule has 1 saturated heterocycles. The maximum absolute atomic E-state index is 12.8. The Morgan fingerprint density at radius 2 is 2.04 bits per heavy atom. The first-order valence-corrected chi connectivity index (χ1v) is 8.84. The van der Waals surface area contributed by atoms with Gasteiger partial charge in [0.05, 0.1) is 18.1 Å². The van der Waals surface area contributed by atoms with Crippen molar-refractivity contribution in [3.05, 3.63) is 40.1 Å². The fraction of sp³-hybridized carbons (Fsp3) is 0.444. The molecular formula is C18H21N3O7. The number of urea groups is 1. The van der Waals surface area contributed by atoms with Crippen LogP contribution in [0.5, 0.6) is 11.5 Å². The van der Waals surface area contributed by atoms with Crippen molar-refractivity contribution in [1.29, 1.82) is 0 Å². The largest absolute Gasteiger partial charge is 0.500 e. The van der Waals surface area contributed by atoms with E-state index in [2.05, 4.69) is 17.2 Å². The molecule has 1 saturated carbocycles. The topological polar surface area (TPSA) is 140 Å². The highest BCUT2D eigenvalue weighted by Crippen LogP contribution is 2.41. The molecule has 1 aliphatic heterocycles. The summed E-state index contributed by atoms with van der Waals surface area (Å²) < 4.78 is 10.6. The maximum atomic E-state index is 12.8. The summed E-state index contributed by atoms with van der Waals surface area (Å²) >= 11 is 0. The summed E-state index contributed by atoms with van der Waals surface area (Å²) in [5.74, 6) is -2.36. The average molecular weight is 391 g/mol. The molecule has 1 aromatic rings. The van der Waals surface area contributed by atoms with Crippen LogP contribution in [-0.4, -0.2) is 35.2 Å². The molecule has 3 rings (SSSR count). The first-order chi connectivity index (χ1) is 13.3. The third-order valence-corrected chi connectivity index (χ3v) is 4.96. The van der Waals surface area contributed by atoms with E-state index in [4.69, 9.17) is 9.47 Å². The number of carbonyl (C=O) groups excluding carboxylic acids is 2. The summed E-state index contributed by atoms with van der Waals surface area (Å²) in [6.07, 6.45) is 3.30. The third kappa shape index (κ3) is 3.71. The molecule has 0 spiro atoms. The van der Waals surface area contributed by atoms with Crippen LogP contribution in [0.2, 0.25) is 0 Å². The van der Waals surface area contributed by atoms with Crippen LogP contribution in [0.25, 0.3) is 0 Å². The number of aromatic hydroxyl groups is 1. The molecule has 2 atom stereocenters. The van der Waals surface area contributed by atoms with Crippen molar-refractivity contribution in [2.75, 3.05) is 7.11 Å². The molecule has 3 N–H and O–H groups in total. The number of phenols is 1. The van der Waals surface area contributed by atoms with E-state index in [0.29, 0.717) is 0 Å². The fourth-order valence-electron chi connectivity index (χ4n) is 3.57. The van der Waals surface area contributed by atoms with Gasteiger partial charge in [0.15, 0.2) is 5.75 Å². The predicted molar refractivity (Wildman–Crippen MR) is 96.7 cm³/mol. The summed E-state index contributed by atoms with van der Waals surface area (Å²) in [4.78, 5) is 35.3. The minimum atomic E-state index is -0.993. The number of nitrogens with zero attached hydrogens (tertiary/aromatic N) is 1. The van der Waals surface area contributed by atoms with Gasteiger partial charge in [-0.3, -0.25) is 14.9 Å². The minimum Gasteiger partial charge on any atom is -0.500 e. The molecule has 0 aromatic heterocycles. The molecule has 2 amide bonds. The predicted octanol–water partition coefficient (Wildman–Crippen LogP) is 2.28. The molecule has 2 fully saturated rings. The minimum absolute atomic E-state index is 0.131. The van der Waals surface area contributed by atoms with Gasteiger partial charge in [0.1, 0.15) is 12.0 Å². The molecule has 0 bridgehead atoms. The number of benzene rings is 1. The number of rotatable bonds is 5. The molecule has 28 heavy (non-hydrogen) atoms. The fourth-order valence-corrected chi connectivity index (χ4v) is 3.57. The second kappa shape index (κ2) is 7.75. The zero-order valence-corrected chi connectivity index (χ0v) is 15.3. The molecule has 150 valence electrons. The number of hydrogen-bond donors (Lipinski definition) is 3. The SMILES string of the molecule is C=C1NC(=O)NC(c2cc(OC)c(O)c([N+](=O)[O-])c2)C1C(=O)OC1CCCC1. The number of carbonyl (C=O) groups is 2. The van der Waals surface area contributed by atoms with E-state index in [1.54, 1.807) is 0 Å². The monoisotopic (exact) mass is 391 g/mol. The van der Waals surface area contributed by atoms with Gasteiger partial charge in [-0.25, -0.2) is 4.79 Å². The van der Waals surface area contributed by atoms with E-state index in [-0.39, 0.29) is 23.1 Å². The molecule has 1 aliphatic carbocycles. The number of nitro benzene ring substituents is 1. The second-order valence-electron chi connectivity index (χ2n) is 6.77. The third-order valence-electron chi connectivity index (χ3n) is 4.96. The summed E-state index contributed by atoms with van der Waals surface area (Å²) in [6, 6.07) is 0.858. The van der Waals surface area contributed by atoms with E-state index in [1.165, 1.54) is 13.2 Å². The Balaban J connectivity index is 1.99. The highest BCUT2D eigenvalue weighted by Gasteiger charge is 2.41. The van der Waals surface area contributed by atoms with Crippen LogP contribution in [-0.2, 0) is 9.53 Å². The van der Waals surface area contributed by atoms with Crippen LogP contribution < -0.4 is 15.4 Å². The van der Waals surface area contributed by atoms with Gasteiger partial charge in [0.2, 0.25) is 5.75 Å². The van der Waals surface area contributed by atoms with Gasteiger partial charge in [-0.2, -0.15) is 0 Å². The van der Waals surface area contributed by atoms with Crippen LogP contribution in [0.4, 0.5) is 10.5 Å². The molecule has 2 aliphatic rings. The Kier molecular flexibility index (Phi) is 5.39. The molecule has 0 radical (unpaired) electrons. The van der Waals surface area contributed by atoms with E-state index in [9.17, 15) is 24.8 Å². The Morgan fingerprint density at radius 1 is 1.36 bits per heavy atom. The summed E-state index contributed by atoms with van der Waals surface area (Å²) in [5, 5.41) is 26.3. The van der Waals surface area contributed by atoms with Crippen molar-refractivity contribution >= 4 is 17.7 Å². The van der Waals surface area contributed by atoms with E-state index >= 15 is 0 Å². The van der Waals surface area contributed by atoms with Crippen LogP contribution in [0.3, 0.4) is 0 Å². The highest BCUT2D eigenvalue weighted by molar-refractivity contribution is 5.85. The Hall–Kier alpha value is -3.30. The zero-order valence-electron chi connectivity index (χ0n) is 15.3. The number of esters is 1. The van der Waals surface area contributed by atoms with Crippen LogP contribution in [0, 0.1) is 16.0 Å². The number of phenolic OH excluding ortho intramolecular Hbond substituents is 1. The van der Waals surface area contributed by atoms with Crippen molar-refractivity contribution < 1.29 is 29.1 Å². The summed E-state index contributed by atoms with van der Waals surface area (Å²) in [5.41, 5.74) is -0.257. The van der Waals surface area contributed by atoms with Crippen molar-refractivity contribution in [3.63, 3.8) is 0 Å². The Morgan fingerprint density at radius 3 is 2.64 bits per heavy atom. The Labute approximate surface area is 160 Å². The number of nitrogens with one attached hydrogen (secondary N) is 2. The molecule has 1 heterocycles. The first kappa shape index (κ1) is 19.5. The van der Waals surface area contributed by atoms with Crippen LogP contribution in [0.1, 0.15) is 37.3 Å². The van der Waals surface area contributed by atoms with Crippen molar-refractivity contribution in [2.24, 2.45) is 5.92 Å². The van der Waals surface area contributed by atoms with Gasteiger partial charge in [-0.1, -0.05) is 6.58 Å². The van der Waals surface area contributed by atoms with Gasteiger partial charge < -0.3 is 25.2 Å². The van der Waals surface area contributed by atoms with Crippen LogP contribution >= 0.6 is 0 Å². The summed E-state index contributed by atoms with van der Waals surface area (Å²) in [6.45, 7) is 3.75. The quantitative estimate of drug-likeness (QED) is 0.397. The molecular weight excluding hydrogens is 370 g/mol. The second-order valence-corrected chi connectivity index (χ2v) is 6.77. The standard InChI is InChI=1S/C18H21N3O7/c1-9-14(17(23)28-11-5-3-4-6-11)15(20-18(24)19-9)10-7-12(21(25)26)16(22)13(8-10)27-2/h7-8,11,14-15,22H,1,3-6H2,2H3,(H2,19,20,24). The van der Waals surface area contributed by atoms with Crippen molar-refractivity contribution in [3.8, 4) is 11.5 Å². The Bertz CT molecular complexity index is 833. The lowest BCUT2D eigenvalue weighted by Gasteiger charge is -2.34. The number of methoxy groups -OCH3 is 1. The highest BCUT2D eigenvalue weighted by atomic mass is 16.6. The number of nitro groups is 1. The van der Waals surface area contributed by atoms with E-state index in [0.717, 1.165) is 31.7 Å². The molecule has 10 heteroatoms. The number of hydrogen-bond acceptors (Lipinski definition) is 7. The maximum Gasteiger partial charge on any atom is 0.319 e. The lowest BCUT2D eigenvalue weighted by Crippen LogP contribution is -2.51. The average Bonchev–Trinajstić information content (AvgIpc) is 3.13. The first-order valence-electron chi connectivity index (χ1n) is 8.84. The lowest BCUT2D eigenvalue weighted by atomic mass is 9.88.